The molecule has 0 radical (unpaired) electrons. The molecule has 0 saturated heterocycles. The Kier molecular flexibility index (Phi) is 86.5. The first kappa shape index (κ1) is 15.8. The average Bonchev–Trinajstić information content (AvgIpc) is 1.94. The standard InChI is InChI=1S/C3H8O.C2H4O.CH4O/c1-2-3-4;1-2-3;1-2/h4H,2-3H2,1H3;2H,1H3;2H,1H3. The predicted octanol–water partition coefficient (Wildman–Crippen LogP) is 0.202. The number of aliphatic hydroxyl groups excluding tert-OH is 2. The Labute approximate surface area is 56.3 Å². The Bertz CT molecular complexity index is 27.5. The Hall–Kier alpha value is -0.410. The van der Waals surface area contributed by atoms with Crippen molar-refractivity contribution < 1.29 is 15.0 Å². The third-order valence-electron chi connectivity index (χ3n) is 0.224. The molecule has 0 aromatic rings. The first-order valence-electron chi connectivity index (χ1n) is 2.78. The van der Waals surface area contributed by atoms with Crippen LogP contribution in [-0.4, -0.2) is 30.2 Å². The van der Waals surface area contributed by atoms with Crippen molar-refractivity contribution in [1.29, 1.82) is 0 Å². The minimum absolute atomic E-state index is 0.319. The Morgan fingerprint density at radius 3 is 1.56 bits per heavy atom. The lowest BCUT2D eigenvalue weighted by molar-refractivity contribution is -0.106. The summed E-state index contributed by atoms with van der Waals surface area (Å²) < 4.78 is 0. The van der Waals surface area contributed by atoms with Crippen molar-refractivity contribution in [2.45, 2.75) is 20.3 Å². The van der Waals surface area contributed by atoms with Crippen LogP contribution in [0.5, 0.6) is 0 Å². The van der Waals surface area contributed by atoms with Crippen LogP contribution in [0, 0.1) is 0 Å². The van der Waals surface area contributed by atoms with Crippen molar-refractivity contribution in [2.24, 2.45) is 0 Å². The van der Waals surface area contributed by atoms with Crippen molar-refractivity contribution in [3.8, 4) is 0 Å². The molecule has 58 valence electrons. The maximum atomic E-state index is 8.81. The minimum Gasteiger partial charge on any atom is -0.400 e. The van der Waals surface area contributed by atoms with Crippen LogP contribution < -0.4 is 0 Å². The van der Waals surface area contributed by atoms with Gasteiger partial charge in [-0.1, -0.05) is 6.92 Å². The molecule has 0 atom stereocenters. The van der Waals surface area contributed by atoms with Crippen LogP contribution in [0.3, 0.4) is 0 Å². The second kappa shape index (κ2) is 49.1. The zero-order chi connectivity index (χ0) is 8.12. The monoisotopic (exact) mass is 136 g/mol. The van der Waals surface area contributed by atoms with Crippen LogP contribution in [-0.2, 0) is 4.79 Å². The lowest BCUT2D eigenvalue weighted by Gasteiger charge is -1.69. The molecule has 0 unspecified atom stereocenters. The fourth-order valence-electron chi connectivity index (χ4n) is 0. The summed E-state index contributed by atoms with van der Waals surface area (Å²) in [6.45, 7) is 3.69. The van der Waals surface area contributed by atoms with Gasteiger partial charge in [-0.15, -0.1) is 0 Å². The molecule has 0 bridgehead atoms. The van der Waals surface area contributed by atoms with Gasteiger partial charge in [0.25, 0.3) is 0 Å². The zero-order valence-electron chi connectivity index (χ0n) is 6.29. The topological polar surface area (TPSA) is 57.5 Å². The summed E-state index contributed by atoms with van der Waals surface area (Å²) in [4.78, 5) is 8.81. The summed E-state index contributed by atoms with van der Waals surface area (Å²) >= 11 is 0. The Balaban J connectivity index is -0.0000000646. The first-order chi connectivity index (χ1) is 4.33. The maximum Gasteiger partial charge on any atom is 0.116 e. The second-order valence-electron chi connectivity index (χ2n) is 0.959. The summed E-state index contributed by atoms with van der Waals surface area (Å²) in [7, 11) is 1.00. The van der Waals surface area contributed by atoms with E-state index in [1.165, 1.54) is 6.92 Å². The highest BCUT2D eigenvalue weighted by Crippen LogP contribution is 1.61. The molecule has 0 aliphatic rings. The van der Waals surface area contributed by atoms with Gasteiger partial charge in [0.2, 0.25) is 0 Å². The number of hydrogen-bond donors (Lipinski definition) is 2. The fraction of sp³-hybridized carbons (Fsp3) is 0.833. The second-order valence-corrected chi connectivity index (χ2v) is 0.959. The van der Waals surface area contributed by atoms with Crippen LogP contribution in [0.15, 0.2) is 0 Å². The summed E-state index contributed by atoms with van der Waals surface area (Å²) in [5.41, 5.74) is 0. The third-order valence-corrected chi connectivity index (χ3v) is 0.224. The van der Waals surface area contributed by atoms with Gasteiger partial charge in [0.05, 0.1) is 0 Å². The number of aliphatic hydroxyl groups is 2. The van der Waals surface area contributed by atoms with E-state index in [9.17, 15) is 0 Å². The van der Waals surface area contributed by atoms with Gasteiger partial charge in [-0.05, 0) is 13.3 Å². The minimum atomic E-state index is 0.319. The SMILES string of the molecule is CC=O.CCCO.CO. The van der Waals surface area contributed by atoms with Gasteiger partial charge in [0.15, 0.2) is 0 Å². The largest absolute Gasteiger partial charge is 0.400 e. The highest BCUT2D eigenvalue weighted by Gasteiger charge is 1.57. The molecule has 0 rings (SSSR count). The molecular weight excluding hydrogens is 120 g/mol. The number of carbonyl (C=O) groups is 1. The summed E-state index contributed by atoms with van der Waals surface area (Å²) in [5, 5.41) is 14.9. The Morgan fingerprint density at radius 2 is 1.56 bits per heavy atom. The van der Waals surface area contributed by atoms with E-state index < -0.39 is 0 Å². The lowest BCUT2D eigenvalue weighted by atomic mass is 10.5. The molecule has 3 heteroatoms. The predicted molar refractivity (Wildman–Crippen MR) is 37.3 cm³/mol. The fourth-order valence-corrected chi connectivity index (χ4v) is 0. The van der Waals surface area contributed by atoms with Gasteiger partial charge in [0.1, 0.15) is 6.29 Å². The van der Waals surface area contributed by atoms with Crippen LogP contribution in [0.2, 0.25) is 0 Å². The van der Waals surface area contributed by atoms with Gasteiger partial charge in [-0.25, -0.2) is 0 Å². The first-order valence-corrected chi connectivity index (χ1v) is 2.78. The van der Waals surface area contributed by atoms with Crippen molar-refractivity contribution in [3.05, 3.63) is 0 Å². The molecule has 0 aromatic heterocycles. The van der Waals surface area contributed by atoms with E-state index in [-0.39, 0.29) is 0 Å². The third kappa shape index (κ3) is 681. The van der Waals surface area contributed by atoms with E-state index in [2.05, 4.69) is 0 Å². The number of aldehydes is 1. The molecule has 0 aliphatic carbocycles. The summed E-state index contributed by atoms with van der Waals surface area (Å²) in [6, 6.07) is 0. The van der Waals surface area contributed by atoms with Gasteiger partial charge in [-0.3, -0.25) is 0 Å². The van der Waals surface area contributed by atoms with Crippen LogP contribution >= 0.6 is 0 Å². The average molecular weight is 136 g/mol. The molecule has 2 N–H and O–H groups in total. The van der Waals surface area contributed by atoms with Crippen molar-refractivity contribution >= 4 is 6.29 Å². The highest BCUT2D eigenvalue weighted by molar-refractivity contribution is 5.44. The highest BCUT2D eigenvalue weighted by atomic mass is 16.3. The van der Waals surface area contributed by atoms with Crippen molar-refractivity contribution in [3.63, 3.8) is 0 Å². The molecule has 0 aromatic carbocycles. The van der Waals surface area contributed by atoms with Crippen LogP contribution in [0.25, 0.3) is 0 Å². The van der Waals surface area contributed by atoms with Crippen LogP contribution in [0.1, 0.15) is 20.3 Å². The van der Waals surface area contributed by atoms with Gasteiger partial charge in [0, 0.05) is 13.7 Å². The molecule has 9 heavy (non-hydrogen) atoms. The maximum absolute atomic E-state index is 8.81. The quantitative estimate of drug-likeness (QED) is 0.506. The zero-order valence-corrected chi connectivity index (χ0v) is 6.29. The van der Waals surface area contributed by atoms with Crippen molar-refractivity contribution in [2.75, 3.05) is 13.7 Å². The summed E-state index contributed by atoms with van der Waals surface area (Å²) in [6.07, 6.45) is 1.62. The molecule has 0 fully saturated rings. The van der Waals surface area contributed by atoms with E-state index in [4.69, 9.17) is 15.0 Å². The van der Waals surface area contributed by atoms with Crippen molar-refractivity contribution in [1.82, 2.24) is 0 Å². The molecule has 3 nitrogen and oxygen atoms in total. The molecular formula is C6H16O3. The normalized spacial score (nSPS) is 5.44. The Morgan fingerprint density at radius 1 is 1.44 bits per heavy atom. The molecule has 0 saturated carbocycles. The summed E-state index contributed by atoms with van der Waals surface area (Å²) in [5.74, 6) is 0. The van der Waals surface area contributed by atoms with E-state index in [0.717, 1.165) is 19.8 Å². The lowest BCUT2D eigenvalue weighted by Crippen LogP contribution is -1.69. The van der Waals surface area contributed by atoms with E-state index in [1.54, 1.807) is 0 Å². The van der Waals surface area contributed by atoms with Gasteiger partial charge in [-0.2, -0.15) is 0 Å². The molecule has 0 aliphatic heterocycles. The van der Waals surface area contributed by atoms with Crippen LogP contribution in [0.4, 0.5) is 0 Å². The molecule has 0 heterocycles. The number of carbonyl (C=O) groups excluding carboxylic acids is 1. The molecule has 0 spiro atoms. The van der Waals surface area contributed by atoms with E-state index >= 15 is 0 Å². The van der Waals surface area contributed by atoms with Gasteiger partial charge >= 0.3 is 0 Å². The molecule has 0 amide bonds. The van der Waals surface area contributed by atoms with E-state index in [1.807, 2.05) is 6.92 Å². The van der Waals surface area contributed by atoms with Gasteiger partial charge < -0.3 is 15.0 Å². The number of hydrogen-bond acceptors (Lipinski definition) is 3. The number of rotatable bonds is 1. The smallest absolute Gasteiger partial charge is 0.116 e. The van der Waals surface area contributed by atoms with E-state index in [0.29, 0.717) is 6.61 Å².